The molecular formula is C34H34N2O6S. The van der Waals surface area contributed by atoms with E-state index in [0.717, 1.165) is 17.5 Å². The van der Waals surface area contributed by atoms with E-state index in [4.69, 9.17) is 14.2 Å². The lowest BCUT2D eigenvalue weighted by Crippen LogP contribution is -2.29. The number of aryl methyl sites for hydroxylation is 1. The number of carbonyl (C=O) groups is 2. The predicted octanol–water partition coefficient (Wildman–Crippen LogP) is 7.09. The second-order valence-electron chi connectivity index (χ2n) is 10.7. The number of hydrogen-bond acceptors (Lipinski definition) is 8. The van der Waals surface area contributed by atoms with Crippen LogP contribution in [0.25, 0.3) is 5.76 Å². The highest BCUT2D eigenvalue weighted by Gasteiger charge is 2.48. The van der Waals surface area contributed by atoms with Crippen LogP contribution < -0.4 is 19.1 Å². The number of hydrogen-bond donors (Lipinski definition) is 1. The van der Waals surface area contributed by atoms with E-state index < -0.39 is 17.7 Å². The fourth-order valence-electron chi connectivity index (χ4n) is 4.86. The zero-order valence-corrected chi connectivity index (χ0v) is 25.4. The van der Waals surface area contributed by atoms with E-state index in [1.165, 1.54) is 23.3 Å². The van der Waals surface area contributed by atoms with E-state index in [1.807, 2.05) is 31.2 Å². The van der Waals surface area contributed by atoms with Crippen molar-refractivity contribution in [3.63, 3.8) is 0 Å². The molecule has 1 saturated heterocycles. The van der Waals surface area contributed by atoms with Crippen molar-refractivity contribution < 1.29 is 28.9 Å². The standard InChI is InChI=1S/C34H34N2O6S/c1-21(2)15-17-41-27-14-11-24(19-28(27)40-4)30-29(32(38)33(39)36(30)34-35-16-18-43-34)31(37)23-9-12-26(13-10-23)42-20-25-8-6-5-7-22(25)3/h5-14,16,18-19,21,30,37H,15,17,20H2,1-4H3. The second kappa shape index (κ2) is 13.1. The van der Waals surface area contributed by atoms with Crippen LogP contribution in [0.4, 0.5) is 5.13 Å². The number of anilines is 1. The summed E-state index contributed by atoms with van der Waals surface area (Å²) in [5.74, 6) is 0.253. The summed E-state index contributed by atoms with van der Waals surface area (Å²) >= 11 is 1.23. The first-order valence-electron chi connectivity index (χ1n) is 14.1. The summed E-state index contributed by atoms with van der Waals surface area (Å²) in [7, 11) is 1.54. The number of benzene rings is 3. The minimum Gasteiger partial charge on any atom is -0.507 e. The molecule has 5 rings (SSSR count). The molecule has 43 heavy (non-hydrogen) atoms. The number of methoxy groups -OCH3 is 1. The third kappa shape index (κ3) is 6.41. The van der Waals surface area contributed by atoms with Gasteiger partial charge < -0.3 is 19.3 Å². The van der Waals surface area contributed by atoms with Crippen molar-refractivity contribution in [2.45, 2.75) is 39.8 Å². The number of thiazole rings is 1. The molecule has 0 bridgehead atoms. The molecular weight excluding hydrogens is 564 g/mol. The lowest BCUT2D eigenvalue weighted by atomic mass is 9.95. The third-order valence-electron chi connectivity index (χ3n) is 7.31. The fraction of sp³-hybridized carbons (Fsp3) is 0.265. The van der Waals surface area contributed by atoms with Gasteiger partial charge in [-0.15, -0.1) is 11.3 Å². The molecule has 1 unspecified atom stereocenters. The summed E-state index contributed by atoms with van der Waals surface area (Å²) in [6, 6.07) is 19.1. The van der Waals surface area contributed by atoms with Gasteiger partial charge in [-0.2, -0.15) is 0 Å². The molecule has 3 aromatic carbocycles. The van der Waals surface area contributed by atoms with E-state index in [2.05, 4.69) is 18.8 Å². The first kappa shape index (κ1) is 29.8. The summed E-state index contributed by atoms with van der Waals surface area (Å²) in [5, 5.41) is 13.6. The average Bonchev–Trinajstić information content (AvgIpc) is 3.63. The highest BCUT2D eigenvalue weighted by Crippen LogP contribution is 2.44. The molecule has 9 heteroatoms. The molecule has 4 aromatic rings. The molecule has 1 aromatic heterocycles. The zero-order valence-electron chi connectivity index (χ0n) is 24.6. The monoisotopic (exact) mass is 598 g/mol. The number of Topliss-reactive ketones (excluding diaryl/α,β-unsaturated/α-hetero) is 1. The Morgan fingerprint density at radius 1 is 1.02 bits per heavy atom. The molecule has 222 valence electrons. The molecule has 1 amide bonds. The summed E-state index contributed by atoms with van der Waals surface area (Å²) in [6.45, 7) is 7.20. The summed E-state index contributed by atoms with van der Waals surface area (Å²) in [6.07, 6.45) is 2.45. The largest absolute Gasteiger partial charge is 0.507 e. The Kier molecular flexibility index (Phi) is 9.11. The molecule has 0 saturated carbocycles. The molecule has 1 fully saturated rings. The Labute approximate surface area is 255 Å². The van der Waals surface area contributed by atoms with Gasteiger partial charge in [-0.3, -0.25) is 14.5 Å². The van der Waals surface area contributed by atoms with Gasteiger partial charge in [0, 0.05) is 17.1 Å². The molecule has 0 spiro atoms. The summed E-state index contributed by atoms with van der Waals surface area (Å²) in [5.41, 5.74) is 3.12. The van der Waals surface area contributed by atoms with Crippen molar-refractivity contribution in [2.75, 3.05) is 18.6 Å². The fourth-order valence-corrected chi connectivity index (χ4v) is 5.52. The molecule has 1 aliphatic rings. The van der Waals surface area contributed by atoms with Crippen molar-refractivity contribution in [3.05, 3.63) is 106 Å². The maximum atomic E-state index is 13.5. The molecule has 0 radical (unpaired) electrons. The van der Waals surface area contributed by atoms with Crippen molar-refractivity contribution in [2.24, 2.45) is 5.92 Å². The zero-order chi connectivity index (χ0) is 30.5. The Morgan fingerprint density at radius 2 is 1.79 bits per heavy atom. The molecule has 1 aliphatic heterocycles. The SMILES string of the molecule is COc1cc(C2C(=C(O)c3ccc(OCc4ccccc4C)cc3)C(=O)C(=O)N2c2nccs2)ccc1OCCC(C)C. The van der Waals surface area contributed by atoms with Gasteiger partial charge in [0.2, 0.25) is 0 Å². The Balaban J connectivity index is 1.49. The Bertz CT molecular complexity index is 1630. The van der Waals surface area contributed by atoms with Crippen LogP contribution >= 0.6 is 11.3 Å². The van der Waals surface area contributed by atoms with E-state index in [1.54, 1.807) is 54.0 Å². The van der Waals surface area contributed by atoms with Crippen LogP contribution in [0.5, 0.6) is 17.2 Å². The average molecular weight is 599 g/mol. The first-order valence-corrected chi connectivity index (χ1v) is 15.0. The van der Waals surface area contributed by atoms with Crippen LogP contribution in [0, 0.1) is 12.8 Å². The third-order valence-corrected chi connectivity index (χ3v) is 8.08. The number of aliphatic hydroxyl groups is 1. The summed E-state index contributed by atoms with van der Waals surface area (Å²) in [4.78, 5) is 32.5. The lowest BCUT2D eigenvalue weighted by molar-refractivity contribution is -0.132. The van der Waals surface area contributed by atoms with Gasteiger partial charge in [0.25, 0.3) is 5.78 Å². The van der Waals surface area contributed by atoms with E-state index in [-0.39, 0.29) is 11.3 Å². The number of aliphatic hydroxyl groups excluding tert-OH is 1. The topological polar surface area (TPSA) is 98.2 Å². The minimum atomic E-state index is -0.929. The quantitative estimate of drug-likeness (QED) is 0.112. The number of ether oxygens (including phenoxy) is 3. The van der Waals surface area contributed by atoms with Crippen LogP contribution in [0.1, 0.15) is 48.6 Å². The van der Waals surface area contributed by atoms with Crippen LogP contribution in [0.2, 0.25) is 0 Å². The van der Waals surface area contributed by atoms with Gasteiger partial charge in [-0.05, 0) is 72.4 Å². The lowest BCUT2D eigenvalue weighted by Gasteiger charge is -2.24. The number of rotatable bonds is 11. The molecule has 0 aliphatic carbocycles. The molecule has 1 N–H and O–H groups in total. The number of nitrogens with zero attached hydrogens (tertiary/aromatic N) is 2. The second-order valence-corrected chi connectivity index (χ2v) is 11.5. The van der Waals surface area contributed by atoms with Gasteiger partial charge in [0.05, 0.1) is 25.3 Å². The van der Waals surface area contributed by atoms with Crippen LogP contribution in [0.3, 0.4) is 0 Å². The highest BCUT2D eigenvalue weighted by atomic mass is 32.1. The maximum Gasteiger partial charge on any atom is 0.301 e. The van der Waals surface area contributed by atoms with E-state index >= 15 is 0 Å². The van der Waals surface area contributed by atoms with E-state index in [9.17, 15) is 14.7 Å². The van der Waals surface area contributed by atoms with Gasteiger partial charge in [-0.1, -0.05) is 44.2 Å². The minimum absolute atomic E-state index is 0.0377. The van der Waals surface area contributed by atoms with Crippen molar-refractivity contribution in [1.29, 1.82) is 0 Å². The summed E-state index contributed by atoms with van der Waals surface area (Å²) < 4.78 is 17.5. The van der Waals surface area contributed by atoms with Gasteiger partial charge in [0.15, 0.2) is 16.6 Å². The highest BCUT2D eigenvalue weighted by molar-refractivity contribution is 7.14. The Morgan fingerprint density at radius 3 is 2.47 bits per heavy atom. The molecule has 8 nitrogen and oxygen atoms in total. The number of ketones is 1. The van der Waals surface area contributed by atoms with Crippen molar-refractivity contribution in [1.82, 2.24) is 4.98 Å². The first-order chi connectivity index (χ1) is 20.8. The van der Waals surface area contributed by atoms with E-state index in [0.29, 0.717) is 52.6 Å². The van der Waals surface area contributed by atoms with Crippen LogP contribution in [0.15, 0.2) is 83.9 Å². The van der Waals surface area contributed by atoms with Crippen molar-refractivity contribution in [3.8, 4) is 17.2 Å². The van der Waals surface area contributed by atoms with Crippen LogP contribution in [-0.4, -0.2) is 35.5 Å². The van der Waals surface area contributed by atoms with Crippen molar-refractivity contribution >= 4 is 33.9 Å². The number of amides is 1. The number of carbonyl (C=O) groups excluding carboxylic acids is 2. The smallest absolute Gasteiger partial charge is 0.301 e. The Hall–Kier alpha value is -4.63. The predicted molar refractivity (Wildman–Crippen MR) is 167 cm³/mol. The van der Waals surface area contributed by atoms with Gasteiger partial charge >= 0.3 is 5.91 Å². The normalized spacial score (nSPS) is 16.1. The van der Waals surface area contributed by atoms with Gasteiger partial charge in [-0.25, -0.2) is 4.98 Å². The number of aromatic nitrogens is 1. The maximum absolute atomic E-state index is 13.5. The van der Waals surface area contributed by atoms with Crippen LogP contribution in [-0.2, 0) is 16.2 Å². The van der Waals surface area contributed by atoms with Gasteiger partial charge in [0.1, 0.15) is 18.1 Å². The molecule has 1 atom stereocenters. The molecule has 2 heterocycles.